The molecule has 2 fully saturated rings. The summed E-state index contributed by atoms with van der Waals surface area (Å²) in [7, 11) is 1.75. The van der Waals surface area contributed by atoms with Crippen LogP contribution >= 0.6 is 0 Å². The summed E-state index contributed by atoms with van der Waals surface area (Å²) < 4.78 is 0. The predicted molar refractivity (Wildman–Crippen MR) is 124 cm³/mol. The first-order valence-electron chi connectivity index (χ1n) is 11.5. The molecule has 0 atom stereocenters. The second kappa shape index (κ2) is 9.98. The highest BCUT2D eigenvalue weighted by molar-refractivity contribution is 6.05. The number of piperazine rings is 1. The van der Waals surface area contributed by atoms with Crippen molar-refractivity contribution in [2.24, 2.45) is 5.92 Å². The maximum absolute atomic E-state index is 13.2. The van der Waals surface area contributed by atoms with Crippen molar-refractivity contribution in [1.29, 1.82) is 0 Å². The van der Waals surface area contributed by atoms with Gasteiger partial charge in [-0.25, -0.2) is 0 Å². The molecule has 2 aromatic carbocycles. The Morgan fingerprint density at radius 2 is 1.50 bits per heavy atom. The van der Waals surface area contributed by atoms with Crippen molar-refractivity contribution >= 4 is 23.4 Å². The molecule has 1 aliphatic heterocycles. The molecule has 0 N–H and O–H groups in total. The first-order valence-corrected chi connectivity index (χ1v) is 11.5. The molecule has 6 nitrogen and oxygen atoms in total. The van der Waals surface area contributed by atoms with Crippen LogP contribution in [0.15, 0.2) is 54.6 Å². The Balaban J connectivity index is 1.30. The van der Waals surface area contributed by atoms with Crippen LogP contribution in [-0.2, 0) is 16.0 Å². The molecule has 0 radical (unpaired) electrons. The Kier molecular flexibility index (Phi) is 6.88. The zero-order valence-electron chi connectivity index (χ0n) is 18.7. The van der Waals surface area contributed by atoms with Gasteiger partial charge in [0.1, 0.15) is 0 Å². The highest BCUT2D eigenvalue weighted by Crippen LogP contribution is 2.33. The van der Waals surface area contributed by atoms with Crippen molar-refractivity contribution in [3.63, 3.8) is 0 Å². The maximum atomic E-state index is 13.2. The molecule has 2 aliphatic rings. The number of anilines is 1. The van der Waals surface area contributed by atoms with E-state index >= 15 is 0 Å². The molecule has 168 valence electrons. The number of aryl methyl sites for hydroxylation is 1. The quantitative estimate of drug-likeness (QED) is 0.673. The standard InChI is InChI=1S/C26H31N3O3/c1-27(25(31)21-14-15-21)23-12-6-5-11-22(23)26(32)29-18-16-28(17-19-29)24(30)13-7-10-20-8-3-2-4-9-20/h2-6,8-9,11-12,21H,7,10,13-19H2,1H3. The molecule has 1 saturated heterocycles. The Hall–Kier alpha value is -3.15. The van der Waals surface area contributed by atoms with Crippen LogP contribution in [0.5, 0.6) is 0 Å². The van der Waals surface area contributed by atoms with E-state index in [0.717, 1.165) is 25.7 Å². The van der Waals surface area contributed by atoms with Crippen molar-refractivity contribution < 1.29 is 14.4 Å². The van der Waals surface area contributed by atoms with Gasteiger partial charge < -0.3 is 14.7 Å². The smallest absolute Gasteiger partial charge is 0.256 e. The lowest BCUT2D eigenvalue weighted by Crippen LogP contribution is -2.50. The molecule has 0 unspecified atom stereocenters. The summed E-state index contributed by atoms with van der Waals surface area (Å²) in [5.41, 5.74) is 2.46. The minimum absolute atomic E-state index is 0.0766. The third-order valence-corrected chi connectivity index (χ3v) is 6.37. The molecule has 0 aromatic heterocycles. The molecule has 2 aromatic rings. The lowest BCUT2D eigenvalue weighted by atomic mass is 10.1. The van der Waals surface area contributed by atoms with Crippen LogP contribution in [0, 0.1) is 5.92 Å². The molecule has 32 heavy (non-hydrogen) atoms. The van der Waals surface area contributed by atoms with Crippen molar-refractivity contribution in [3.8, 4) is 0 Å². The van der Waals surface area contributed by atoms with Gasteiger partial charge in [-0.15, -0.1) is 0 Å². The maximum Gasteiger partial charge on any atom is 0.256 e. The van der Waals surface area contributed by atoms with Crippen molar-refractivity contribution in [2.75, 3.05) is 38.1 Å². The van der Waals surface area contributed by atoms with E-state index < -0.39 is 0 Å². The van der Waals surface area contributed by atoms with Gasteiger partial charge in [0.05, 0.1) is 11.3 Å². The number of amides is 3. The fraction of sp³-hybridized carbons (Fsp3) is 0.423. The van der Waals surface area contributed by atoms with Crippen molar-refractivity contribution in [2.45, 2.75) is 32.1 Å². The van der Waals surface area contributed by atoms with Crippen LogP contribution in [0.2, 0.25) is 0 Å². The normalized spacial score (nSPS) is 16.0. The van der Waals surface area contributed by atoms with Gasteiger partial charge >= 0.3 is 0 Å². The Labute approximate surface area is 189 Å². The average Bonchev–Trinajstić information content (AvgIpc) is 3.69. The van der Waals surface area contributed by atoms with E-state index in [1.165, 1.54) is 5.56 Å². The van der Waals surface area contributed by atoms with Gasteiger partial charge in [0.25, 0.3) is 5.91 Å². The molecule has 4 rings (SSSR count). The molecule has 0 spiro atoms. The molecular formula is C26H31N3O3. The number of para-hydroxylation sites is 1. The van der Waals surface area contributed by atoms with Gasteiger partial charge in [0, 0.05) is 45.6 Å². The summed E-state index contributed by atoms with van der Waals surface area (Å²) in [4.78, 5) is 43.6. The van der Waals surface area contributed by atoms with Gasteiger partial charge in [-0.1, -0.05) is 42.5 Å². The molecule has 0 bridgehead atoms. The van der Waals surface area contributed by atoms with E-state index in [4.69, 9.17) is 0 Å². The minimum atomic E-state index is -0.0766. The lowest BCUT2D eigenvalue weighted by Gasteiger charge is -2.35. The summed E-state index contributed by atoms with van der Waals surface area (Å²) in [6.07, 6.45) is 4.12. The third kappa shape index (κ3) is 5.18. The summed E-state index contributed by atoms with van der Waals surface area (Å²) >= 11 is 0. The van der Waals surface area contributed by atoms with E-state index in [1.807, 2.05) is 41.3 Å². The number of rotatable bonds is 7. The van der Waals surface area contributed by atoms with Crippen molar-refractivity contribution in [1.82, 2.24) is 9.80 Å². The van der Waals surface area contributed by atoms with E-state index in [0.29, 0.717) is 43.9 Å². The SMILES string of the molecule is CN(C(=O)C1CC1)c1ccccc1C(=O)N1CCN(C(=O)CCCc2ccccc2)CC1. The monoisotopic (exact) mass is 433 g/mol. The number of hydrogen-bond donors (Lipinski definition) is 0. The van der Waals surface area contributed by atoms with E-state index in [-0.39, 0.29) is 23.6 Å². The predicted octanol–water partition coefficient (Wildman–Crippen LogP) is 3.37. The number of nitrogens with zero attached hydrogens (tertiary/aromatic N) is 3. The van der Waals surface area contributed by atoms with E-state index in [1.54, 1.807) is 22.9 Å². The lowest BCUT2D eigenvalue weighted by molar-refractivity contribution is -0.132. The number of carbonyl (C=O) groups is 3. The van der Waals surface area contributed by atoms with Crippen LogP contribution in [0.25, 0.3) is 0 Å². The highest BCUT2D eigenvalue weighted by atomic mass is 16.2. The first-order chi connectivity index (χ1) is 15.5. The highest BCUT2D eigenvalue weighted by Gasteiger charge is 2.34. The zero-order chi connectivity index (χ0) is 22.5. The van der Waals surface area contributed by atoms with E-state index in [2.05, 4.69) is 12.1 Å². The molecule has 3 amide bonds. The topological polar surface area (TPSA) is 60.9 Å². The second-order valence-corrected chi connectivity index (χ2v) is 8.70. The molecular weight excluding hydrogens is 402 g/mol. The minimum Gasteiger partial charge on any atom is -0.339 e. The third-order valence-electron chi connectivity index (χ3n) is 6.37. The number of carbonyl (C=O) groups excluding carboxylic acids is 3. The fourth-order valence-corrected chi connectivity index (χ4v) is 4.25. The average molecular weight is 434 g/mol. The van der Waals surface area contributed by atoms with Crippen LogP contribution in [0.1, 0.15) is 41.6 Å². The molecule has 1 heterocycles. The van der Waals surface area contributed by atoms with Gasteiger partial charge in [0.15, 0.2) is 0 Å². The first kappa shape index (κ1) is 22.1. The summed E-state index contributed by atoms with van der Waals surface area (Å²) in [5, 5.41) is 0. The van der Waals surface area contributed by atoms with Crippen LogP contribution < -0.4 is 4.90 Å². The largest absolute Gasteiger partial charge is 0.339 e. The second-order valence-electron chi connectivity index (χ2n) is 8.70. The summed E-state index contributed by atoms with van der Waals surface area (Å²) in [6, 6.07) is 17.5. The Morgan fingerprint density at radius 3 is 2.19 bits per heavy atom. The number of hydrogen-bond acceptors (Lipinski definition) is 3. The molecule has 1 saturated carbocycles. The summed E-state index contributed by atoms with van der Waals surface area (Å²) in [5.74, 6) is 0.256. The number of benzene rings is 2. The Bertz CT molecular complexity index is 963. The van der Waals surface area contributed by atoms with Gasteiger partial charge in [-0.2, -0.15) is 0 Å². The van der Waals surface area contributed by atoms with Crippen LogP contribution in [-0.4, -0.2) is 60.7 Å². The summed E-state index contributed by atoms with van der Waals surface area (Å²) in [6.45, 7) is 2.12. The molecule has 6 heteroatoms. The van der Waals surface area contributed by atoms with Crippen LogP contribution in [0.4, 0.5) is 5.69 Å². The van der Waals surface area contributed by atoms with Crippen LogP contribution in [0.3, 0.4) is 0 Å². The van der Waals surface area contributed by atoms with E-state index in [9.17, 15) is 14.4 Å². The van der Waals surface area contributed by atoms with Crippen molar-refractivity contribution in [3.05, 3.63) is 65.7 Å². The van der Waals surface area contributed by atoms with Gasteiger partial charge in [-0.3, -0.25) is 14.4 Å². The Morgan fingerprint density at radius 1 is 0.875 bits per heavy atom. The molecule has 1 aliphatic carbocycles. The van der Waals surface area contributed by atoms with Gasteiger partial charge in [0.2, 0.25) is 11.8 Å². The zero-order valence-corrected chi connectivity index (χ0v) is 18.7. The fourth-order valence-electron chi connectivity index (χ4n) is 4.25. The van der Waals surface area contributed by atoms with Gasteiger partial charge in [-0.05, 0) is 43.4 Å².